The van der Waals surface area contributed by atoms with E-state index in [9.17, 15) is 18.0 Å². The molecule has 1 aliphatic rings. The van der Waals surface area contributed by atoms with Gasteiger partial charge < -0.3 is 19.1 Å². The molecule has 0 radical (unpaired) electrons. The summed E-state index contributed by atoms with van der Waals surface area (Å²) in [5, 5.41) is 3.81. The Bertz CT molecular complexity index is 1130. The van der Waals surface area contributed by atoms with Gasteiger partial charge in [-0.1, -0.05) is 35.5 Å². The number of benzene rings is 2. The minimum atomic E-state index is -4.58. The van der Waals surface area contributed by atoms with Crippen LogP contribution in [0, 0.1) is 6.92 Å². The van der Waals surface area contributed by atoms with E-state index in [1.165, 1.54) is 25.1 Å². The Morgan fingerprint density at radius 2 is 1.67 bits per heavy atom. The van der Waals surface area contributed by atoms with E-state index in [4.69, 9.17) is 9.26 Å². The molecule has 33 heavy (non-hydrogen) atoms. The molecule has 6 nitrogen and oxygen atoms in total. The van der Waals surface area contributed by atoms with Crippen LogP contribution in [0.25, 0.3) is 11.3 Å². The van der Waals surface area contributed by atoms with Gasteiger partial charge in [0, 0.05) is 31.7 Å². The van der Waals surface area contributed by atoms with Crippen molar-refractivity contribution in [2.24, 2.45) is 0 Å². The van der Waals surface area contributed by atoms with Crippen molar-refractivity contribution in [3.8, 4) is 17.0 Å². The van der Waals surface area contributed by atoms with Crippen molar-refractivity contribution >= 4 is 24.0 Å². The topological polar surface area (TPSA) is 58.8 Å². The number of alkyl halides is 3. The van der Waals surface area contributed by atoms with Crippen LogP contribution in [0.1, 0.15) is 21.7 Å². The monoisotopic (exact) mass is 481 g/mol. The van der Waals surface area contributed by atoms with Crippen LogP contribution in [-0.2, 0) is 6.18 Å². The number of amides is 1. The van der Waals surface area contributed by atoms with E-state index in [1.807, 2.05) is 24.3 Å². The summed E-state index contributed by atoms with van der Waals surface area (Å²) in [5.41, 5.74) is -0.126. The van der Waals surface area contributed by atoms with Gasteiger partial charge in [0.25, 0.3) is 5.91 Å². The third kappa shape index (κ3) is 4.78. The van der Waals surface area contributed by atoms with Crippen molar-refractivity contribution in [1.29, 1.82) is 0 Å². The summed E-state index contributed by atoms with van der Waals surface area (Å²) in [5.74, 6) is 0.540. The molecule has 0 unspecified atom stereocenters. The van der Waals surface area contributed by atoms with Crippen LogP contribution in [0.15, 0.2) is 53.1 Å². The van der Waals surface area contributed by atoms with Gasteiger partial charge in [-0.05, 0) is 25.1 Å². The third-order valence-electron chi connectivity index (χ3n) is 5.56. The fourth-order valence-electron chi connectivity index (χ4n) is 3.94. The van der Waals surface area contributed by atoms with Crippen LogP contribution in [0.4, 0.5) is 18.9 Å². The Hall–Kier alpha value is -3.20. The summed E-state index contributed by atoms with van der Waals surface area (Å²) in [4.78, 5) is 17.0. The molecule has 0 spiro atoms. The maximum absolute atomic E-state index is 13.5. The van der Waals surface area contributed by atoms with Gasteiger partial charge in [0.1, 0.15) is 22.8 Å². The van der Waals surface area contributed by atoms with E-state index < -0.39 is 17.6 Å². The third-order valence-corrected chi connectivity index (χ3v) is 5.56. The summed E-state index contributed by atoms with van der Waals surface area (Å²) in [6, 6.07) is 12.7. The van der Waals surface area contributed by atoms with Gasteiger partial charge in [0.15, 0.2) is 0 Å². The molecule has 4 rings (SSSR count). The average Bonchev–Trinajstić information content (AvgIpc) is 3.19. The Morgan fingerprint density at radius 3 is 2.33 bits per heavy atom. The maximum Gasteiger partial charge on any atom is 0.417 e. The number of hydrogen-bond donors (Lipinski definition) is 0. The summed E-state index contributed by atoms with van der Waals surface area (Å²) in [7, 11) is 1.60. The van der Waals surface area contributed by atoms with Gasteiger partial charge in [0.05, 0.1) is 18.4 Å². The largest absolute Gasteiger partial charge is 0.495 e. The van der Waals surface area contributed by atoms with Gasteiger partial charge in [-0.25, -0.2) is 0 Å². The van der Waals surface area contributed by atoms with E-state index in [2.05, 4.69) is 10.1 Å². The van der Waals surface area contributed by atoms with Gasteiger partial charge in [0.2, 0.25) is 0 Å². The zero-order chi connectivity index (χ0) is 22.9. The van der Waals surface area contributed by atoms with Crippen LogP contribution in [0.3, 0.4) is 0 Å². The second kappa shape index (κ2) is 9.74. The van der Waals surface area contributed by atoms with Crippen molar-refractivity contribution in [2.45, 2.75) is 13.1 Å². The molecule has 1 aromatic heterocycles. The minimum absolute atomic E-state index is 0. The Labute approximate surface area is 195 Å². The van der Waals surface area contributed by atoms with E-state index in [1.54, 1.807) is 12.0 Å². The van der Waals surface area contributed by atoms with Crippen molar-refractivity contribution < 1.29 is 27.2 Å². The van der Waals surface area contributed by atoms with Gasteiger partial charge in [-0.15, -0.1) is 12.4 Å². The molecule has 1 amide bonds. The average molecular weight is 482 g/mol. The van der Waals surface area contributed by atoms with Crippen molar-refractivity contribution in [3.63, 3.8) is 0 Å². The standard InChI is InChI=1S/C23H22F3N3O3.ClH/c1-15-20(21(27-32-15)16-7-3-4-8-17(16)23(24,25)26)22(30)29-13-11-28(12-14-29)18-9-5-6-10-19(18)31-2;/h3-10H,11-14H2,1-2H3;1H. The fraction of sp³-hybridized carbons (Fsp3) is 0.304. The van der Waals surface area contributed by atoms with E-state index in [-0.39, 0.29) is 35.0 Å². The molecule has 0 aliphatic carbocycles. The number of piperazine rings is 1. The molecule has 2 aromatic carbocycles. The summed E-state index contributed by atoms with van der Waals surface area (Å²) >= 11 is 0. The van der Waals surface area contributed by atoms with E-state index in [0.717, 1.165) is 17.5 Å². The van der Waals surface area contributed by atoms with Crippen LogP contribution in [0.2, 0.25) is 0 Å². The molecule has 0 atom stereocenters. The summed E-state index contributed by atoms with van der Waals surface area (Å²) in [6.07, 6.45) is -4.58. The highest BCUT2D eigenvalue weighted by molar-refractivity contribution is 6.01. The highest BCUT2D eigenvalue weighted by Crippen LogP contribution is 2.38. The molecule has 0 saturated carbocycles. The lowest BCUT2D eigenvalue weighted by Gasteiger charge is -2.36. The van der Waals surface area contributed by atoms with Crippen molar-refractivity contribution in [2.75, 3.05) is 38.2 Å². The zero-order valence-corrected chi connectivity index (χ0v) is 18.9. The molecule has 176 valence electrons. The maximum atomic E-state index is 13.5. The van der Waals surface area contributed by atoms with Gasteiger partial charge in [-0.3, -0.25) is 4.79 Å². The predicted molar refractivity (Wildman–Crippen MR) is 120 cm³/mol. The Morgan fingerprint density at radius 1 is 1.03 bits per heavy atom. The number of carbonyl (C=O) groups is 1. The number of halogens is 4. The number of anilines is 1. The molecule has 10 heteroatoms. The molecule has 1 saturated heterocycles. The van der Waals surface area contributed by atoms with Crippen LogP contribution >= 0.6 is 12.4 Å². The Kier molecular flexibility index (Phi) is 7.22. The van der Waals surface area contributed by atoms with Crippen molar-refractivity contribution in [3.05, 3.63) is 65.4 Å². The first-order valence-electron chi connectivity index (χ1n) is 10.1. The first kappa shape index (κ1) is 24.4. The minimum Gasteiger partial charge on any atom is -0.495 e. The lowest BCUT2D eigenvalue weighted by Crippen LogP contribution is -2.49. The van der Waals surface area contributed by atoms with Gasteiger partial charge in [-0.2, -0.15) is 13.2 Å². The summed E-state index contributed by atoms with van der Waals surface area (Å²) < 4.78 is 51.1. The first-order chi connectivity index (χ1) is 15.3. The quantitative estimate of drug-likeness (QED) is 0.521. The highest BCUT2D eigenvalue weighted by Gasteiger charge is 2.36. The molecule has 1 fully saturated rings. The zero-order valence-electron chi connectivity index (χ0n) is 18.1. The van der Waals surface area contributed by atoms with Gasteiger partial charge >= 0.3 is 6.18 Å². The lowest BCUT2D eigenvalue weighted by atomic mass is 9.99. The van der Waals surface area contributed by atoms with Crippen molar-refractivity contribution in [1.82, 2.24) is 10.1 Å². The molecule has 2 heterocycles. The molecule has 3 aromatic rings. The summed E-state index contributed by atoms with van der Waals surface area (Å²) in [6.45, 7) is 3.46. The molecule has 0 bridgehead atoms. The molecule has 0 N–H and O–H groups in total. The Balaban J connectivity index is 0.00000306. The SMILES string of the molecule is COc1ccccc1N1CCN(C(=O)c2c(-c3ccccc3C(F)(F)F)noc2C)CC1.Cl. The normalized spacial score (nSPS) is 14.1. The number of para-hydroxylation sites is 2. The van der Waals surface area contributed by atoms with E-state index >= 15 is 0 Å². The number of carbonyl (C=O) groups excluding carboxylic acids is 1. The smallest absolute Gasteiger partial charge is 0.417 e. The number of rotatable bonds is 4. The molecular weight excluding hydrogens is 459 g/mol. The number of ether oxygens (including phenoxy) is 1. The van der Waals surface area contributed by atoms with Crippen LogP contribution in [-0.4, -0.2) is 49.3 Å². The second-order valence-electron chi connectivity index (χ2n) is 7.46. The number of aromatic nitrogens is 1. The van der Waals surface area contributed by atoms with E-state index in [0.29, 0.717) is 26.2 Å². The first-order valence-corrected chi connectivity index (χ1v) is 10.1. The fourth-order valence-corrected chi connectivity index (χ4v) is 3.94. The van der Waals surface area contributed by atoms with Crippen LogP contribution < -0.4 is 9.64 Å². The van der Waals surface area contributed by atoms with Crippen LogP contribution in [0.5, 0.6) is 5.75 Å². The number of methoxy groups -OCH3 is 1. The number of nitrogens with zero attached hydrogens (tertiary/aromatic N) is 3. The number of aryl methyl sites for hydroxylation is 1. The lowest BCUT2D eigenvalue weighted by molar-refractivity contribution is -0.137. The predicted octanol–water partition coefficient (Wildman–Crippen LogP) is 5.06. The second-order valence-corrected chi connectivity index (χ2v) is 7.46. The number of hydrogen-bond acceptors (Lipinski definition) is 5. The molecule has 1 aliphatic heterocycles. The highest BCUT2D eigenvalue weighted by atomic mass is 35.5. The molecular formula is C23H23ClF3N3O3.